The van der Waals surface area contributed by atoms with Gasteiger partial charge in [0.25, 0.3) is 0 Å². The maximum absolute atomic E-state index is 12.6. The minimum absolute atomic E-state index is 0.0961. The molecule has 0 unspecified atom stereocenters. The third kappa shape index (κ3) is 4.52. The molecular weight excluding hydrogens is 518 g/mol. The summed E-state index contributed by atoms with van der Waals surface area (Å²) >= 11 is 1.75. The van der Waals surface area contributed by atoms with Gasteiger partial charge in [0.05, 0.1) is 41.4 Å². The molecule has 1 amide bonds. The second-order valence-electron chi connectivity index (χ2n) is 9.61. The van der Waals surface area contributed by atoms with Gasteiger partial charge in [-0.25, -0.2) is 4.98 Å². The summed E-state index contributed by atoms with van der Waals surface area (Å²) in [6.07, 6.45) is 9.23. The van der Waals surface area contributed by atoms with Crippen LogP contribution < -0.4 is 5.32 Å². The molecule has 6 heterocycles. The molecule has 0 aliphatic rings. The molecule has 0 atom stereocenters. The molecule has 0 saturated carbocycles. The zero-order valence-electron chi connectivity index (χ0n) is 21.5. The van der Waals surface area contributed by atoms with Crippen LogP contribution in [0.2, 0.25) is 0 Å². The number of thiophene rings is 1. The van der Waals surface area contributed by atoms with Crippen LogP contribution in [-0.2, 0) is 11.2 Å². The summed E-state index contributed by atoms with van der Waals surface area (Å²) in [5.74, 6) is -0.0961. The van der Waals surface area contributed by atoms with Crippen molar-refractivity contribution in [2.45, 2.75) is 13.3 Å². The van der Waals surface area contributed by atoms with Crippen molar-refractivity contribution >= 4 is 44.9 Å². The van der Waals surface area contributed by atoms with Crippen molar-refractivity contribution in [2.24, 2.45) is 0 Å². The monoisotopic (exact) mass is 541 g/mol. The lowest BCUT2D eigenvalue weighted by Gasteiger charge is -2.07. The fourth-order valence-electron chi connectivity index (χ4n) is 4.88. The average molecular weight is 542 g/mol. The fraction of sp³-hybridized carbons (Fsp3) is 0.0645. The summed E-state index contributed by atoms with van der Waals surface area (Å²) in [6, 6.07) is 20.0. The number of benzene rings is 1. The van der Waals surface area contributed by atoms with Gasteiger partial charge in [-0.2, -0.15) is 5.10 Å². The highest BCUT2D eigenvalue weighted by Crippen LogP contribution is 2.36. The fourth-order valence-corrected chi connectivity index (χ4v) is 5.77. The Hall–Kier alpha value is -5.15. The number of fused-ring (bicyclic) bond motifs is 2. The van der Waals surface area contributed by atoms with Crippen molar-refractivity contribution in [1.29, 1.82) is 0 Å². The van der Waals surface area contributed by atoms with Crippen molar-refractivity contribution in [3.63, 3.8) is 0 Å². The zero-order valence-corrected chi connectivity index (χ0v) is 22.3. The Morgan fingerprint density at radius 3 is 2.60 bits per heavy atom. The van der Waals surface area contributed by atoms with E-state index in [9.17, 15) is 4.79 Å². The first-order valence-corrected chi connectivity index (χ1v) is 13.6. The predicted molar refractivity (Wildman–Crippen MR) is 159 cm³/mol. The smallest absolute Gasteiger partial charge is 0.228 e. The van der Waals surface area contributed by atoms with Crippen LogP contribution in [0.15, 0.2) is 91.6 Å². The highest BCUT2D eigenvalue weighted by atomic mass is 32.1. The Morgan fingerprint density at radius 1 is 0.900 bits per heavy atom. The third-order valence-electron chi connectivity index (χ3n) is 6.79. The number of nitrogens with one attached hydrogen (secondary N) is 3. The highest BCUT2D eigenvalue weighted by molar-refractivity contribution is 7.15. The standard InChI is InChI=1S/C31H23N7OS/c1-18-7-8-28(40-18)25-16-33-17-27-23(25)12-26(36-27)30-24-11-21(14-34-31(24)38-37-30)20-10-22(15-32-13-20)35-29(39)9-19-5-3-2-4-6-19/h2-8,10-17,36H,9H2,1H3,(H,35,39)(H,34,37,38). The molecule has 0 spiro atoms. The van der Waals surface area contributed by atoms with Crippen LogP contribution in [-0.4, -0.2) is 36.0 Å². The average Bonchev–Trinajstić information content (AvgIpc) is 3.71. The second-order valence-corrected chi connectivity index (χ2v) is 10.9. The molecule has 0 aliphatic heterocycles. The van der Waals surface area contributed by atoms with E-state index in [0.29, 0.717) is 17.8 Å². The first kappa shape index (κ1) is 23.9. The van der Waals surface area contributed by atoms with E-state index in [0.717, 1.165) is 49.9 Å². The van der Waals surface area contributed by atoms with E-state index >= 15 is 0 Å². The SMILES string of the molecule is Cc1ccc(-c2cncc3[nH]c(-c4[nH]nc5ncc(-c6cncc(NC(=O)Cc7ccccc7)c6)cc45)cc23)s1. The molecule has 8 nitrogen and oxygen atoms in total. The zero-order chi connectivity index (χ0) is 27.1. The molecule has 0 bridgehead atoms. The number of aromatic amines is 2. The summed E-state index contributed by atoms with van der Waals surface area (Å²) in [5.41, 5.74) is 7.70. The number of aryl methyl sites for hydroxylation is 1. The largest absolute Gasteiger partial charge is 0.352 e. The molecule has 0 fully saturated rings. The van der Waals surface area contributed by atoms with Crippen molar-refractivity contribution in [1.82, 2.24) is 30.1 Å². The number of aromatic nitrogens is 6. The van der Waals surface area contributed by atoms with Gasteiger partial charge in [-0.05, 0) is 42.8 Å². The number of carbonyl (C=O) groups excluding carboxylic acids is 1. The van der Waals surface area contributed by atoms with Crippen molar-refractivity contribution in [2.75, 3.05) is 5.32 Å². The van der Waals surface area contributed by atoms with E-state index in [1.807, 2.05) is 54.9 Å². The quantitative estimate of drug-likeness (QED) is 0.215. The molecule has 194 valence electrons. The van der Waals surface area contributed by atoms with Gasteiger partial charge in [-0.1, -0.05) is 30.3 Å². The number of amides is 1. The van der Waals surface area contributed by atoms with Crippen LogP contribution in [0.4, 0.5) is 5.69 Å². The molecule has 3 N–H and O–H groups in total. The van der Waals surface area contributed by atoms with Crippen molar-refractivity contribution in [3.8, 4) is 33.0 Å². The topological polar surface area (TPSA) is 112 Å². The number of H-pyrrole nitrogens is 2. The van der Waals surface area contributed by atoms with Gasteiger partial charge in [0.15, 0.2) is 5.65 Å². The molecule has 6 aromatic heterocycles. The Morgan fingerprint density at radius 2 is 1.75 bits per heavy atom. The number of carbonyl (C=O) groups is 1. The van der Waals surface area contributed by atoms with E-state index in [-0.39, 0.29) is 5.91 Å². The Balaban J connectivity index is 1.21. The van der Waals surface area contributed by atoms with Gasteiger partial charge >= 0.3 is 0 Å². The minimum Gasteiger partial charge on any atom is -0.352 e. The van der Waals surface area contributed by atoms with Crippen LogP contribution in [0.1, 0.15) is 10.4 Å². The van der Waals surface area contributed by atoms with Crippen LogP contribution >= 0.6 is 11.3 Å². The number of anilines is 1. The molecule has 1 aromatic carbocycles. The first-order valence-electron chi connectivity index (χ1n) is 12.8. The highest BCUT2D eigenvalue weighted by Gasteiger charge is 2.16. The normalized spacial score (nSPS) is 11.3. The van der Waals surface area contributed by atoms with Gasteiger partial charge in [-0.15, -0.1) is 11.3 Å². The predicted octanol–water partition coefficient (Wildman–Crippen LogP) is 6.78. The molecule has 40 heavy (non-hydrogen) atoms. The van der Waals surface area contributed by atoms with E-state index < -0.39 is 0 Å². The van der Waals surface area contributed by atoms with E-state index in [4.69, 9.17) is 0 Å². The third-order valence-corrected chi connectivity index (χ3v) is 7.83. The maximum Gasteiger partial charge on any atom is 0.228 e. The minimum atomic E-state index is -0.0961. The summed E-state index contributed by atoms with van der Waals surface area (Å²) in [5, 5.41) is 12.5. The summed E-state index contributed by atoms with van der Waals surface area (Å²) in [7, 11) is 0. The van der Waals surface area contributed by atoms with Gasteiger partial charge < -0.3 is 10.3 Å². The van der Waals surface area contributed by atoms with Crippen LogP contribution in [0.5, 0.6) is 0 Å². The lowest BCUT2D eigenvalue weighted by atomic mass is 10.1. The van der Waals surface area contributed by atoms with E-state index in [1.54, 1.807) is 29.9 Å². The van der Waals surface area contributed by atoms with E-state index in [2.05, 4.69) is 60.6 Å². The van der Waals surface area contributed by atoms with Gasteiger partial charge in [0, 0.05) is 55.8 Å². The van der Waals surface area contributed by atoms with E-state index in [1.165, 1.54) is 9.75 Å². The van der Waals surface area contributed by atoms with Crippen molar-refractivity contribution in [3.05, 3.63) is 102 Å². The molecule has 7 rings (SSSR count). The van der Waals surface area contributed by atoms with Gasteiger partial charge in [0.1, 0.15) is 0 Å². The van der Waals surface area contributed by atoms with Gasteiger partial charge in [0.2, 0.25) is 5.91 Å². The first-order chi connectivity index (χ1) is 19.6. The molecule has 7 aromatic rings. The van der Waals surface area contributed by atoms with Crippen molar-refractivity contribution < 1.29 is 4.79 Å². The number of rotatable bonds is 6. The Labute approximate surface area is 233 Å². The molecule has 0 aliphatic carbocycles. The molecular formula is C31H23N7OS. The lowest BCUT2D eigenvalue weighted by Crippen LogP contribution is -2.14. The summed E-state index contributed by atoms with van der Waals surface area (Å²) < 4.78 is 0. The summed E-state index contributed by atoms with van der Waals surface area (Å²) in [4.78, 5) is 31.9. The number of nitrogens with zero attached hydrogens (tertiary/aromatic N) is 4. The number of pyridine rings is 3. The summed E-state index contributed by atoms with van der Waals surface area (Å²) in [6.45, 7) is 2.11. The molecule has 0 radical (unpaired) electrons. The van der Waals surface area contributed by atoms with Crippen LogP contribution in [0.25, 0.3) is 54.9 Å². The second kappa shape index (κ2) is 9.87. The lowest BCUT2D eigenvalue weighted by molar-refractivity contribution is -0.115. The number of hydrogen-bond acceptors (Lipinski definition) is 6. The molecule has 0 saturated heterocycles. The van der Waals surface area contributed by atoms with Crippen LogP contribution in [0.3, 0.4) is 0 Å². The Kier molecular flexibility index (Phi) is 5.90. The molecule has 9 heteroatoms. The maximum atomic E-state index is 12.6. The van der Waals surface area contributed by atoms with Gasteiger partial charge in [-0.3, -0.25) is 19.9 Å². The van der Waals surface area contributed by atoms with Crippen LogP contribution in [0, 0.1) is 6.92 Å². The number of hydrogen-bond donors (Lipinski definition) is 3. The Bertz CT molecular complexity index is 2010.